The maximum atomic E-state index is 12.7. The lowest BCUT2D eigenvalue weighted by Gasteiger charge is -2.10. The number of aromatic amines is 1. The van der Waals surface area contributed by atoms with Crippen molar-refractivity contribution in [2.45, 2.75) is 6.42 Å². The van der Waals surface area contributed by atoms with E-state index < -0.39 is 0 Å². The lowest BCUT2D eigenvalue weighted by Crippen LogP contribution is -2.35. The number of H-pyrrole nitrogens is 1. The minimum Gasteiger partial charge on any atom is -0.465 e. The molecule has 0 aliphatic heterocycles. The number of furan rings is 1. The Kier molecular flexibility index (Phi) is 5.58. The number of hydrogen-bond acceptors (Lipinski definition) is 4. The van der Waals surface area contributed by atoms with Gasteiger partial charge in [0.15, 0.2) is 0 Å². The Morgan fingerprint density at radius 1 is 1.10 bits per heavy atom. The molecule has 0 bridgehead atoms. The molecule has 1 aromatic carbocycles. The number of thiophene rings is 1. The van der Waals surface area contributed by atoms with Crippen LogP contribution in [0.5, 0.6) is 0 Å². The summed E-state index contributed by atoms with van der Waals surface area (Å²) in [5, 5.41) is 8.51. The summed E-state index contributed by atoms with van der Waals surface area (Å²) in [7, 11) is 0. The van der Waals surface area contributed by atoms with Crippen molar-refractivity contribution in [1.82, 2.24) is 15.6 Å². The van der Waals surface area contributed by atoms with Crippen LogP contribution in [0.15, 0.2) is 76.5 Å². The molecule has 0 saturated carbocycles. The molecule has 0 saturated heterocycles. The van der Waals surface area contributed by atoms with E-state index in [0.29, 0.717) is 23.6 Å². The molecule has 2 amide bonds. The third-order valence-electron chi connectivity index (χ3n) is 4.42. The van der Waals surface area contributed by atoms with Crippen molar-refractivity contribution >= 4 is 40.1 Å². The number of para-hydroxylation sites is 1. The van der Waals surface area contributed by atoms with Gasteiger partial charge in [-0.1, -0.05) is 24.3 Å². The molecule has 0 aliphatic rings. The van der Waals surface area contributed by atoms with Crippen LogP contribution in [0.4, 0.5) is 0 Å². The molecule has 0 spiro atoms. The van der Waals surface area contributed by atoms with Gasteiger partial charge in [-0.15, -0.1) is 11.3 Å². The minimum atomic E-state index is -0.369. The first-order valence-corrected chi connectivity index (χ1v) is 10.0. The molecule has 0 atom stereocenters. The van der Waals surface area contributed by atoms with Crippen molar-refractivity contribution in [2.24, 2.45) is 0 Å². The monoisotopic (exact) mass is 405 g/mol. The second-order valence-electron chi connectivity index (χ2n) is 6.37. The van der Waals surface area contributed by atoms with Crippen LogP contribution < -0.4 is 10.6 Å². The quantitative estimate of drug-likeness (QED) is 0.407. The Hall–Kier alpha value is -3.58. The second-order valence-corrected chi connectivity index (χ2v) is 7.32. The van der Waals surface area contributed by atoms with Crippen molar-refractivity contribution in [2.75, 3.05) is 6.54 Å². The van der Waals surface area contributed by atoms with Crippen molar-refractivity contribution in [1.29, 1.82) is 0 Å². The average Bonchev–Trinajstić information content (AvgIpc) is 3.49. The highest BCUT2D eigenvalue weighted by atomic mass is 32.1. The molecule has 7 heteroatoms. The van der Waals surface area contributed by atoms with E-state index in [-0.39, 0.29) is 17.5 Å². The molecule has 6 nitrogen and oxygen atoms in total. The molecule has 3 N–H and O–H groups in total. The van der Waals surface area contributed by atoms with Crippen LogP contribution in [0.25, 0.3) is 17.0 Å². The van der Waals surface area contributed by atoms with E-state index in [2.05, 4.69) is 15.6 Å². The van der Waals surface area contributed by atoms with Gasteiger partial charge < -0.3 is 20.0 Å². The molecule has 0 unspecified atom stereocenters. The molecular formula is C22H19N3O3S. The molecule has 0 radical (unpaired) electrons. The van der Waals surface area contributed by atoms with Crippen LogP contribution in [-0.2, 0) is 11.2 Å². The summed E-state index contributed by atoms with van der Waals surface area (Å²) in [6, 6.07) is 15.0. The van der Waals surface area contributed by atoms with Gasteiger partial charge in [0.2, 0.25) is 0 Å². The maximum absolute atomic E-state index is 12.7. The average molecular weight is 405 g/mol. The SMILES string of the molecule is O=C(NCCc1c[nH]c2ccccc12)C(=Cc1ccco1)NC(=O)c1cccs1. The predicted octanol–water partition coefficient (Wildman–Crippen LogP) is 3.95. The van der Waals surface area contributed by atoms with Crippen molar-refractivity contribution in [3.05, 3.63) is 88.3 Å². The zero-order valence-corrected chi connectivity index (χ0v) is 16.3. The smallest absolute Gasteiger partial charge is 0.267 e. The van der Waals surface area contributed by atoms with Gasteiger partial charge in [-0.05, 0) is 41.6 Å². The highest BCUT2D eigenvalue weighted by molar-refractivity contribution is 7.12. The largest absolute Gasteiger partial charge is 0.465 e. The van der Waals surface area contributed by atoms with E-state index in [1.807, 2.05) is 35.8 Å². The van der Waals surface area contributed by atoms with Crippen molar-refractivity contribution in [3.8, 4) is 0 Å². The number of aromatic nitrogens is 1. The zero-order valence-electron chi connectivity index (χ0n) is 15.5. The van der Waals surface area contributed by atoms with E-state index in [0.717, 1.165) is 16.5 Å². The van der Waals surface area contributed by atoms with E-state index in [9.17, 15) is 9.59 Å². The molecule has 3 heterocycles. The van der Waals surface area contributed by atoms with Crippen molar-refractivity contribution < 1.29 is 14.0 Å². The highest BCUT2D eigenvalue weighted by Crippen LogP contribution is 2.18. The highest BCUT2D eigenvalue weighted by Gasteiger charge is 2.16. The first kappa shape index (κ1) is 18.8. The number of nitrogens with one attached hydrogen (secondary N) is 3. The van der Waals surface area contributed by atoms with Gasteiger partial charge in [0.25, 0.3) is 11.8 Å². The van der Waals surface area contributed by atoms with Crippen LogP contribution >= 0.6 is 11.3 Å². The standard InChI is InChI=1S/C22H19N3O3S/c26-21(23-10-9-15-14-24-18-7-2-1-6-17(15)18)19(13-16-5-3-11-28-16)25-22(27)20-8-4-12-29-20/h1-8,11-14,24H,9-10H2,(H,23,26)(H,25,27). The summed E-state index contributed by atoms with van der Waals surface area (Å²) in [5.74, 6) is -0.214. The number of amides is 2. The van der Waals surface area contributed by atoms with Crippen LogP contribution in [-0.4, -0.2) is 23.3 Å². The lowest BCUT2D eigenvalue weighted by atomic mass is 10.1. The van der Waals surface area contributed by atoms with Crippen LogP contribution in [0.3, 0.4) is 0 Å². The number of fused-ring (bicyclic) bond motifs is 1. The van der Waals surface area contributed by atoms with Gasteiger partial charge in [-0.25, -0.2) is 0 Å². The maximum Gasteiger partial charge on any atom is 0.267 e. The Labute approximate surface area is 171 Å². The number of carbonyl (C=O) groups is 2. The zero-order chi connectivity index (χ0) is 20.1. The summed E-state index contributed by atoms with van der Waals surface area (Å²) >= 11 is 1.31. The third-order valence-corrected chi connectivity index (χ3v) is 5.29. The fourth-order valence-electron chi connectivity index (χ4n) is 3.01. The van der Waals surface area contributed by atoms with Gasteiger partial charge in [-0.3, -0.25) is 9.59 Å². The van der Waals surface area contributed by atoms with Crippen LogP contribution in [0.2, 0.25) is 0 Å². The lowest BCUT2D eigenvalue weighted by molar-refractivity contribution is -0.117. The summed E-state index contributed by atoms with van der Waals surface area (Å²) in [6.45, 7) is 0.436. The minimum absolute atomic E-state index is 0.136. The first-order chi connectivity index (χ1) is 14.2. The van der Waals surface area contributed by atoms with Crippen LogP contribution in [0, 0.1) is 0 Å². The van der Waals surface area contributed by atoms with Gasteiger partial charge in [0, 0.05) is 29.7 Å². The molecule has 3 aromatic heterocycles. The fraction of sp³-hybridized carbons (Fsp3) is 0.0909. The fourth-order valence-corrected chi connectivity index (χ4v) is 3.63. The Bertz CT molecular complexity index is 1140. The number of carbonyl (C=O) groups excluding carboxylic acids is 2. The van der Waals surface area contributed by atoms with Crippen molar-refractivity contribution in [3.63, 3.8) is 0 Å². The Balaban J connectivity index is 1.44. The number of rotatable bonds is 7. The molecule has 4 rings (SSSR count). The molecule has 146 valence electrons. The number of benzene rings is 1. The Morgan fingerprint density at radius 3 is 2.79 bits per heavy atom. The normalized spacial score (nSPS) is 11.5. The molecule has 29 heavy (non-hydrogen) atoms. The summed E-state index contributed by atoms with van der Waals surface area (Å²) in [4.78, 5) is 28.9. The molecule has 0 fully saturated rings. The van der Waals surface area contributed by atoms with E-state index in [1.165, 1.54) is 23.7 Å². The van der Waals surface area contributed by atoms with E-state index >= 15 is 0 Å². The molecular weight excluding hydrogens is 386 g/mol. The van der Waals surface area contributed by atoms with Gasteiger partial charge in [0.05, 0.1) is 11.1 Å². The van der Waals surface area contributed by atoms with E-state index in [4.69, 9.17) is 4.42 Å². The molecule has 0 aliphatic carbocycles. The Morgan fingerprint density at radius 2 is 2.00 bits per heavy atom. The second kappa shape index (κ2) is 8.62. The summed E-state index contributed by atoms with van der Waals surface area (Å²) in [6.07, 6.45) is 5.66. The van der Waals surface area contributed by atoms with Gasteiger partial charge in [0.1, 0.15) is 11.5 Å². The van der Waals surface area contributed by atoms with Crippen LogP contribution in [0.1, 0.15) is 21.0 Å². The number of hydrogen-bond donors (Lipinski definition) is 3. The molecule has 4 aromatic rings. The van der Waals surface area contributed by atoms with Gasteiger partial charge in [-0.2, -0.15) is 0 Å². The first-order valence-electron chi connectivity index (χ1n) is 9.14. The summed E-state index contributed by atoms with van der Waals surface area (Å²) < 4.78 is 5.29. The topological polar surface area (TPSA) is 87.1 Å². The van der Waals surface area contributed by atoms with E-state index in [1.54, 1.807) is 24.3 Å². The predicted molar refractivity (Wildman–Crippen MR) is 113 cm³/mol. The van der Waals surface area contributed by atoms with Gasteiger partial charge >= 0.3 is 0 Å². The third kappa shape index (κ3) is 4.47. The summed E-state index contributed by atoms with van der Waals surface area (Å²) in [5.41, 5.74) is 2.33.